The van der Waals surface area contributed by atoms with Crippen LogP contribution in [0.25, 0.3) is 0 Å². The smallest absolute Gasteiger partial charge is 0.276 e. The van der Waals surface area contributed by atoms with Crippen LogP contribution < -0.4 is 10.5 Å². The van der Waals surface area contributed by atoms with Crippen LogP contribution in [0.15, 0.2) is 42.5 Å². The van der Waals surface area contributed by atoms with Gasteiger partial charge in [0.2, 0.25) is 0 Å². The summed E-state index contributed by atoms with van der Waals surface area (Å²) in [4.78, 5) is 10.5. The second-order valence-electron chi connectivity index (χ2n) is 4.49. The van der Waals surface area contributed by atoms with Crippen molar-refractivity contribution in [3.63, 3.8) is 0 Å². The lowest BCUT2D eigenvalue weighted by molar-refractivity contribution is -0.385. The van der Waals surface area contributed by atoms with Crippen molar-refractivity contribution in [2.75, 3.05) is 6.54 Å². The van der Waals surface area contributed by atoms with Gasteiger partial charge in [0.05, 0.1) is 11.0 Å². The molecule has 2 aromatic rings. The monoisotopic (exact) mass is 272 g/mol. The molecule has 0 saturated carbocycles. The Labute approximate surface area is 117 Å². The van der Waals surface area contributed by atoms with Gasteiger partial charge in [-0.25, -0.2) is 0 Å². The molecular weight excluding hydrogens is 256 g/mol. The van der Waals surface area contributed by atoms with Crippen molar-refractivity contribution in [3.05, 3.63) is 63.7 Å². The maximum Gasteiger partial charge on any atom is 0.276 e. The van der Waals surface area contributed by atoms with Gasteiger partial charge in [-0.1, -0.05) is 12.1 Å². The molecule has 0 fully saturated rings. The van der Waals surface area contributed by atoms with E-state index in [4.69, 9.17) is 10.5 Å². The third-order valence-electron chi connectivity index (χ3n) is 2.97. The van der Waals surface area contributed by atoms with E-state index in [9.17, 15) is 10.1 Å². The maximum absolute atomic E-state index is 10.9. The summed E-state index contributed by atoms with van der Waals surface area (Å²) in [5, 5.41) is 10.9. The number of benzene rings is 2. The summed E-state index contributed by atoms with van der Waals surface area (Å²) in [6.45, 7) is 2.30. The number of nitro benzene ring substituents is 1. The van der Waals surface area contributed by atoms with Gasteiger partial charge in [-0.3, -0.25) is 10.1 Å². The molecule has 5 heteroatoms. The molecule has 2 N–H and O–H groups in total. The molecule has 0 spiro atoms. The zero-order valence-electron chi connectivity index (χ0n) is 11.2. The predicted octanol–water partition coefficient (Wildman–Crippen LogP) is 3.20. The number of rotatable bonds is 5. The molecule has 0 saturated heterocycles. The third kappa shape index (κ3) is 3.33. The Morgan fingerprint density at radius 2 is 1.80 bits per heavy atom. The number of ether oxygens (including phenoxy) is 1. The summed E-state index contributed by atoms with van der Waals surface area (Å²) in [5.74, 6) is 1.10. The topological polar surface area (TPSA) is 78.4 Å². The van der Waals surface area contributed by atoms with Gasteiger partial charge in [-0.05, 0) is 49.7 Å². The van der Waals surface area contributed by atoms with E-state index in [1.54, 1.807) is 19.1 Å². The van der Waals surface area contributed by atoms with Crippen LogP contribution in [-0.2, 0) is 6.42 Å². The van der Waals surface area contributed by atoms with Crippen molar-refractivity contribution in [3.8, 4) is 11.5 Å². The Morgan fingerprint density at radius 1 is 1.15 bits per heavy atom. The van der Waals surface area contributed by atoms with Crippen LogP contribution in [0.5, 0.6) is 11.5 Å². The Bertz CT molecular complexity index is 609. The minimum absolute atomic E-state index is 0.0576. The van der Waals surface area contributed by atoms with E-state index < -0.39 is 4.92 Å². The van der Waals surface area contributed by atoms with Gasteiger partial charge >= 0.3 is 0 Å². The summed E-state index contributed by atoms with van der Waals surface area (Å²) < 4.78 is 5.62. The van der Waals surface area contributed by atoms with Crippen molar-refractivity contribution in [1.82, 2.24) is 0 Å². The fourth-order valence-corrected chi connectivity index (χ4v) is 1.88. The van der Waals surface area contributed by atoms with E-state index in [0.717, 1.165) is 12.0 Å². The lowest BCUT2D eigenvalue weighted by atomic mass is 10.1. The second kappa shape index (κ2) is 6.16. The lowest BCUT2D eigenvalue weighted by Gasteiger charge is -2.07. The number of nitro groups is 1. The highest BCUT2D eigenvalue weighted by molar-refractivity contribution is 5.46. The molecule has 20 heavy (non-hydrogen) atoms. The first-order chi connectivity index (χ1) is 9.60. The van der Waals surface area contributed by atoms with Crippen molar-refractivity contribution < 1.29 is 9.66 Å². The largest absolute Gasteiger partial charge is 0.457 e. The zero-order valence-corrected chi connectivity index (χ0v) is 11.2. The normalized spacial score (nSPS) is 10.3. The van der Waals surface area contributed by atoms with E-state index in [2.05, 4.69) is 0 Å². The highest BCUT2D eigenvalue weighted by atomic mass is 16.6. The first-order valence-corrected chi connectivity index (χ1v) is 6.32. The van der Waals surface area contributed by atoms with Crippen molar-refractivity contribution in [2.24, 2.45) is 5.73 Å². The molecule has 0 atom stereocenters. The van der Waals surface area contributed by atoms with E-state index in [1.165, 1.54) is 6.07 Å². The summed E-state index contributed by atoms with van der Waals surface area (Å²) >= 11 is 0. The van der Waals surface area contributed by atoms with Crippen LogP contribution in [0.3, 0.4) is 0 Å². The molecule has 2 rings (SSSR count). The fraction of sp³-hybridized carbons (Fsp3) is 0.200. The predicted molar refractivity (Wildman–Crippen MR) is 77.1 cm³/mol. The molecule has 0 radical (unpaired) electrons. The van der Waals surface area contributed by atoms with Crippen LogP contribution in [-0.4, -0.2) is 11.5 Å². The molecule has 0 unspecified atom stereocenters. The van der Waals surface area contributed by atoms with Crippen molar-refractivity contribution in [1.29, 1.82) is 0 Å². The Balaban J connectivity index is 2.17. The van der Waals surface area contributed by atoms with E-state index >= 15 is 0 Å². The minimum Gasteiger partial charge on any atom is -0.457 e. The highest BCUT2D eigenvalue weighted by Gasteiger charge is 2.11. The molecule has 0 aliphatic carbocycles. The van der Waals surface area contributed by atoms with Gasteiger partial charge in [-0.15, -0.1) is 0 Å². The summed E-state index contributed by atoms with van der Waals surface area (Å²) in [6.07, 6.45) is 0.816. The Hall–Kier alpha value is -2.40. The number of nitrogens with two attached hydrogens (primary N) is 1. The van der Waals surface area contributed by atoms with E-state index in [0.29, 0.717) is 23.6 Å². The molecule has 0 amide bonds. The first-order valence-electron chi connectivity index (χ1n) is 6.32. The molecule has 0 bridgehead atoms. The lowest BCUT2D eigenvalue weighted by Crippen LogP contribution is -2.02. The van der Waals surface area contributed by atoms with Crippen LogP contribution in [0.4, 0.5) is 5.69 Å². The zero-order chi connectivity index (χ0) is 14.5. The van der Waals surface area contributed by atoms with Crippen LogP contribution in [0, 0.1) is 17.0 Å². The molecule has 0 heterocycles. The van der Waals surface area contributed by atoms with E-state index in [-0.39, 0.29) is 5.69 Å². The first kappa shape index (κ1) is 14.0. The van der Waals surface area contributed by atoms with Gasteiger partial charge in [0.1, 0.15) is 11.5 Å². The molecule has 2 aromatic carbocycles. The highest BCUT2D eigenvalue weighted by Crippen LogP contribution is 2.27. The Kier molecular flexibility index (Phi) is 4.32. The molecular formula is C15H16N2O3. The van der Waals surface area contributed by atoms with E-state index in [1.807, 2.05) is 24.3 Å². The number of hydrogen-bond donors (Lipinski definition) is 1. The number of hydrogen-bond acceptors (Lipinski definition) is 4. The van der Waals surface area contributed by atoms with Crippen LogP contribution in [0.2, 0.25) is 0 Å². The minimum atomic E-state index is -0.410. The number of nitrogens with zero attached hydrogens (tertiary/aromatic N) is 1. The molecule has 0 aromatic heterocycles. The van der Waals surface area contributed by atoms with Gasteiger partial charge in [0, 0.05) is 5.56 Å². The van der Waals surface area contributed by atoms with Gasteiger partial charge in [0.25, 0.3) is 5.69 Å². The summed E-state index contributed by atoms with van der Waals surface area (Å²) in [7, 11) is 0. The van der Waals surface area contributed by atoms with Crippen LogP contribution in [0.1, 0.15) is 11.1 Å². The third-order valence-corrected chi connectivity index (χ3v) is 2.97. The average Bonchev–Trinajstić information content (AvgIpc) is 2.43. The number of aryl methyl sites for hydroxylation is 1. The van der Waals surface area contributed by atoms with Crippen molar-refractivity contribution >= 4 is 5.69 Å². The molecule has 0 aliphatic rings. The maximum atomic E-state index is 10.9. The van der Waals surface area contributed by atoms with Gasteiger partial charge in [-0.2, -0.15) is 0 Å². The quantitative estimate of drug-likeness (QED) is 0.669. The SMILES string of the molecule is Cc1ccc(Oc2ccc(CCN)cc2)cc1[N+](=O)[O-]. The van der Waals surface area contributed by atoms with Gasteiger partial charge in [0.15, 0.2) is 0 Å². The molecule has 0 aliphatic heterocycles. The standard InChI is InChI=1S/C15H16N2O3/c1-11-2-5-14(10-15(11)17(18)19)20-13-6-3-12(4-7-13)8-9-16/h2-7,10H,8-9,16H2,1H3. The van der Waals surface area contributed by atoms with Gasteiger partial charge < -0.3 is 10.5 Å². The summed E-state index contributed by atoms with van der Waals surface area (Å²) in [5.41, 5.74) is 7.29. The average molecular weight is 272 g/mol. The second-order valence-corrected chi connectivity index (χ2v) is 4.49. The summed E-state index contributed by atoms with van der Waals surface area (Å²) in [6, 6.07) is 12.4. The fourth-order valence-electron chi connectivity index (χ4n) is 1.88. The van der Waals surface area contributed by atoms with Crippen molar-refractivity contribution in [2.45, 2.75) is 13.3 Å². The molecule has 5 nitrogen and oxygen atoms in total. The van der Waals surface area contributed by atoms with Crippen LogP contribution >= 0.6 is 0 Å². The Morgan fingerprint density at radius 3 is 2.40 bits per heavy atom. The molecule has 104 valence electrons.